The van der Waals surface area contributed by atoms with Crippen LogP contribution in [0, 0.1) is 10.1 Å². The average molecular weight is 423 g/mol. The third kappa shape index (κ3) is 2.93. The molecule has 0 aliphatic heterocycles. The molecule has 3 heterocycles. The zero-order valence-corrected chi connectivity index (χ0v) is 16.0. The molecule has 2 N–H and O–H groups in total. The van der Waals surface area contributed by atoms with Crippen LogP contribution in [0.3, 0.4) is 0 Å². The first kappa shape index (κ1) is 18.1. The normalized spacial score (nSPS) is 11.6. The van der Waals surface area contributed by atoms with Crippen molar-refractivity contribution in [1.82, 2.24) is 29.1 Å². The number of rotatable bonds is 6. The minimum absolute atomic E-state index is 0.00393. The van der Waals surface area contributed by atoms with Crippen molar-refractivity contribution in [1.29, 1.82) is 0 Å². The second-order valence-corrected chi connectivity index (χ2v) is 7.46. The van der Waals surface area contributed by atoms with E-state index in [4.69, 9.17) is 0 Å². The van der Waals surface area contributed by atoms with Crippen molar-refractivity contribution < 1.29 is 14.8 Å². The quantitative estimate of drug-likeness (QED) is 0.241. The topological polar surface area (TPSA) is 144 Å². The van der Waals surface area contributed by atoms with Gasteiger partial charge in [0.1, 0.15) is 12.4 Å². The lowest BCUT2D eigenvalue weighted by molar-refractivity contribution is -0.384. The van der Waals surface area contributed by atoms with Crippen molar-refractivity contribution in [2.24, 2.45) is 0 Å². The lowest BCUT2D eigenvalue weighted by Gasteiger charge is -1.99. The summed E-state index contributed by atoms with van der Waals surface area (Å²) < 4.78 is 3.42. The number of non-ortho nitro benzene ring substituents is 1. The molecule has 30 heavy (non-hydrogen) atoms. The highest BCUT2D eigenvalue weighted by atomic mass is 32.2. The van der Waals surface area contributed by atoms with Crippen LogP contribution in [0.25, 0.3) is 27.8 Å². The maximum absolute atomic E-state index is 11.3. The number of nitrogens with zero attached hydrogens (tertiary/aromatic N) is 6. The van der Waals surface area contributed by atoms with Gasteiger partial charge in [0.05, 0.1) is 32.7 Å². The predicted molar refractivity (Wildman–Crippen MR) is 108 cm³/mol. The van der Waals surface area contributed by atoms with Gasteiger partial charge in [-0.1, -0.05) is 23.9 Å². The molecule has 0 unspecified atom stereocenters. The van der Waals surface area contributed by atoms with Gasteiger partial charge < -0.3 is 10.1 Å². The Bertz CT molecular complexity index is 1450. The van der Waals surface area contributed by atoms with E-state index >= 15 is 0 Å². The Morgan fingerprint density at radius 3 is 2.77 bits per heavy atom. The Kier molecular flexibility index (Phi) is 4.13. The number of aliphatic carboxylic acids is 1. The summed E-state index contributed by atoms with van der Waals surface area (Å²) in [6, 6.07) is 11.9. The summed E-state index contributed by atoms with van der Waals surface area (Å²) in [6.45, 7) is -0.220. The fraction of sp³-hybridized carbons (Fsp3) is 0.111. The second-order valence-electron chi connectivity index (χ2n) is 6.52. The molecule has 0 bridgehead atoms. The fourth-order valence-corrected chi connectivity index (χ4v) is 4.20. The van der Waals surface area contributed by atoms with Crippen LogP contribution in [0.1, 0.15) is 5.82 Å². The van der Waals surface area contributed by atoms with Crippen LogP contribution in [0.15, 0.2) is 47.6 Å². The summed E-state index contributed by atoms with van der Waals surface area (Å²) in [7, 11) is 0. The lowest BCUT2D eigenvalue weighted by atomic mass is 10.3. The van der Waals surface area contributed by atoms with Crippen molar-refractivity contribution in [2.75, 3.05) is 0 Å². The van der Waals surface area contributed by atoms with E-state index in [1.165, 1.54) is 23.9 Å². The van der Waals surface area contributed by atoms with Gasteiger partial charge >= 0.3 is 5.97 Å². The van der Waals surface area contributed by atoms with Crippen molar-refractivity contribution in [3.8, 4) is 0 Å². The first-order chi connectivity index (χ1) is 14.5. The summed E-state index contributed by atoms with van der Waals surface area (Å²) in [6.07, 6.45) is 0. The number of carboxylic acid groups (broad SMARTS) is 1. The maximum Gasteiger partial charge on any atom is 0.323 e. The van der Waals surface area contributed by atoms with Gasteiger partial charge in [0.2, 0.25) is 5.78 Å². The Morgan fingerprint density at radius 1 is 1.20 bits per heavy atom. The summed E-state index contributed by atoms with van der Waals surface area (Å²) in [5.74, 6) is 0.552. The number of H-pyrrole nitrogens is 1. The molecule has 11 nitrogen and oxygen atoms in total. The number of imidazole rings is 2. The van der Waals surface area contributed by atoms with E-state index in [0.717, 1.165) is 11.0 Å². The first-order valence-corrected chi connectivity index (χ1v) is 9.80. The Morgan fingerprint density at radius 2 is 2.00 bits per heavy atom. The van der Waals surface area contributed by atoms with Crippen LogP contribution in [-0.2, 0) is 17.1 Å². The van der Waals surface area contributed by atoms with Gasteiger partial charge in [-0.15, -0.1) is 10.2 Å². The van der Waals surface area contributed by atoms with E-state index in [0.29, 0.717) is 33.5 Å². The van der Waals surface area contributed by atoms with Crippen LogP contribution < -0.4 is 0 Å². The van der Waals surface area contributed by atoms with Crippen LogP contribution in [0.5, 0.6) is 0 Å². The Hall–Kier alpha value is -3.93. The van der Waals surface area contributed by atoms with Crippen LogP contribution in [0.2, 0.25) is 0 Å². The molecule has 5 rings (SSSR count). The average Bonchev–Trinajstić information content (AvgIpc) is 3.39. The number of nitro benzene ring substituents is 1. The van der Waals surface area contributed by atoms with E-state index in [-0.39, 0.29) is 12.2 Å². The van der Waals surface area contributed by atoms with Gasteiger partial charge in [0.15, 0.2) is 5.16 Å². The molecule has 0 aliphatic rings. The lowest BCUT2D eigenvalue weighted by Crippen LogP contribution is -2.08. The number of hydrogen-bond acceptors (Lipinski definition) is 7. The van der Waals surface area contributed by atoms with Gasteiger partial charge in [0.25, 0.3) is 5.69 Å². The van der Waals surface area contributed by atoms with Gasteiger partial charge in [-0.05, 0) is 18.2 Å². The summed E-state index contributed by atoms with van der Waals surface area (Å²) in [4.78, 5) is 29.3. The van der Waals surface area contributed by atoms with E-state index in [1.807, 2.05) is 28.7 Å². The number of carbonyl (C=O) groups is 1. The molecule has 150 valence electrons. The molecule has 0 saturated heterocycles. The smallest absolute Gasteiger partial charge is 0.323 e. The van der Waals surface area contributed by atoms with Crippen molar-refractivity contribution in [3.63, 3.8) is 0 Å². The van der Waals surface area contributed by atoms with E-state index in [1.54, 1.807) is 10.6 Å². The number of para-hydroxylation sites is 2. The number of aromatic nitrogens is 6. The molecule has 0 radical (unpaired) electrons. The van der Waals surface area contributed by atoms with Crippen molar-refractivity contribution in [2.45, 2.75) is 17.5 Å². The summed E-state index contributed by atoms with van der Waals surface area (Å²) in [5, 5.41) is 29.2. The monoisotopic (exact) mass is 423 g/mol. The summed E-state index contributed by atoms with van der Waals surface area (Å²) >= 11 is 1.38. The molecule has 0 amide bonds. The Labute approximate surface area is 171 Å². The minimum atomic E-state index is -0.966. The maximum atomic E-state index is 11.3. The highest BCUT2D eigenvalue weighted by Crippen LogP contribution is 2.28. The number of benzene rings is 2. The zero-order chi connectivity index (χ0) is 20.8. The van der Waals surface area contributed by atoms with Gasteiger partial charge in [0, 0.05) is 12.1 Å². The molecule has 0 aliphatic carbocycles. The standard InChI is InChI=1S/C18H13N7O4S/c26-16(27)8-23-13-3-1-2-4-14(13)24-17(23)21-22-18(24)30-9-15-19-11-6-5-10(25(28)29)7-12(11)20-15/h1-7H,8-9H2,(H,19,20)(H,26,27). The van der Waals surface area contributed by atoms with Crippen molar-refractivity contribution >= 4 is 51.3 Å². The second kappa shape index (κ2) is 6.84. The van der Waals surface area contributed by atoms with Gasteiger partial charge in [-0.2, -0.15) is 0 Å². The molecule has 0 fully saturated rings. The van der Waals surface area contributed by atoms with E-state index in [2.05, 4.69) is 20.2 Å². The molecule has 0 saturated carbocycles. The third-order valence-corrected chi connectivity index (χ3v) is 5.57. The molecule has 3 aromatic heterocycles. The van der Waals surface area contributed by atoms with Crippen LogP contribution in [0.4, 0.5) is 5.69 Å². The predicted octanol–water partition coefficient (Wildman–Crippen LogP) is 2.85. The van der Waals surface area contributed by atoms with E-state index < -0.39 is 10.9 Å². The zero-order valence-electron chi connectivity index (χ0n) is 15.2. The SMILES string of the molecule is O=C(O)Cn1c2ccccc2n2c(SCc3nc4ccc([N+](=O)[O-])cc4[nH]3)nnc12. The molecule has 12 heteroatoms. The summed E-state index contributed by atoms with van der Waals surface area (Å²) in [5.41, 5.74) is 2.78. The number of carboxylic acids is 1. The molecular formula is C18H13N7O4S. The molecule has 2 aromatic carbocycles. The first-order valence-electron chi connectivity index (χ1n) is 8.81. The number of fused-ring (bicyclic) bond motifs is 4. The van der Waals surface area contributed by atoms with Crippen LogP contribution in [-0.4, -0.2) is 45.1 Å². The molecular weight excluding hydrogens is 410 g/mol. The molecule has 0 atom stereocenters. The van der Waals surface area contributed by atoms with Gasteiger partial charge in [-0.25, -0.2) is 4.98 Å². The molecule has 5 aromatic rings. The number of hydrogen-bond donors (Lipinski definition) is 2. The largest absolute Gasteiger partial charge is 0.480 e. The van der Waals surface area contributed by atoms with E-state index in [9.17, 15) is 20.0 Å². The number of nitrogens with one attached hydrogen (secondary N) is 1. The van der Waals surface area contributed by atoms with Gasteiger partial charge in [-0.3, -0.25) is 23.9 Å². The highest BCUT2D eigenvalue weighted by Gasteiger charge is 2.19. The minimum Gasteiger partial charge on any atom is -0.480 e. The number of aromatic amines is 1. The Balaban J connectivity index is 1.49. The highest BCUT2D eigenvalue weighted by molar-refractivity contribution is 7.98. The molecule has 0 spiro atoms. The van der Waals surface area contributed by atoms with Crippen LogP contribution >= 0.6 is 11.8 Å². The number of thioether (sulfide) groups is 1. The van der Waals surface area contributed by atoms with Crippen molar-refractivity contribution in [3.05, 3.63) is 58.4 Å². The third-order valence-electron chi connectivity index (χ3n) is 4.63. The fourth-order valence-electron chi connectivity index (χ4n) is 3.39. The number of nitro groups is 1.